The maximum absolute atomic E-state index is 12.1. The van der Waals surface area contributed by atoms with Crippen LogP contribution in [-0.4, -0.2) is 43.6 Å². The van der Waals surface area contributed by atoms with Crippen molar-refractivity contribution in [2.24, 2.45) is 0 Å². The minimum atomic E-state index is -0.366. The standard InChI is InChI=1S/C11H12BrN5O2/c12-7-3-14-17(5-7)8-1-2-16(6-8)10(18)9-4-13-11(19)15-9/h3-5,8H,1-2,6H2,(H2,13,15,19). The SMILES string of the molecule is O=C(c1c[nH]c(=O)[nH]1)N1CCC(n2cc(Br)cn2)C1. The van der Waals surface area contributed by atoms with E-state index in [-0.39, 0.29) is 17.6 Å². The van der Waals surface area contributed by atoms with Gasteiger partial charge in [-0.3, -0.25) is 9.48 Å². The monoisotopic (exact) mass is 325 g/mol. The third-order valence-corrected chi connectivity index (χ3v) is 3.63. The number of rotatable bonds is 2. The third-order valence-electron chi connectivity index (χ3n) is 3.22. The first-order valence-electron chi connectivity index (χ1n) is 5.90. The Hall–Kier alpha value is -1.83. The predicted molar refractivity (Wildman–Crippen MR) is 70.9 cm³/mol. The van der Waals surface area contributed by atoms with Crippen LogP contribution in [0.5, 0.6) is 0 Å². The smallest absolute Gasteiger partial charge is 0.323 e. The molecule has 3 heterocycles. The van der Waals surface area contributed by atoms with Gasteiger partial charge in [-0.1, -0.05) is 0 Å². The summed E-state index contributed by atoms with van der Waals surface area (Å²) < 4.78 is 2.78. The molecule has 0 bridgehead atoms. The zero-order valence-electron chi connectivity index (χ0n) is 9.97. The van der Waals surface area contributed by atoms with Crippen LogP contribution in [0, 0.1) is 0 Å². The summed E-state index contributed by atoms with van der Waals surface area (Å²) in [6, 6.07) is 0.181. The van der Waals surface area contributed by atoms with Gasteiger partial charge in [-0.05, 0) is 22.4 Å². The number of likely N-dealkylation sites (tertiary alicyclic amines) is 1. The Kier molecular flexibility index (Phi) is 3.02. The molecular weight excluding hydrogens is 314 g/mol. The fourth-order valence-electron chi connectivity index (χ4n) is 2.27. The van der Waals surface area contributed by atoms with Crippen LogP contribution in [0.15, 0.2) is 27.9 Å². The number of H-pyrrole nitrogens is 2. The summed E-state index contributed by atoms with van der Waals surface area (Å²) >= 11 is 3.36. The third kappa shape index (κ3) is 2.35. The summed E-state index contributed by atoms with van der Waals surface area (Å²) in [7, 11) is 0. The number of aromatic amines is 2. The van der Waals surface area contributed by atoms with Crippen LogP contribution in [-0.2, 0) is 0 Å². The Morgan fingerprint density at radius 2 is 2.37 bits per heavy atom. The Morgan fingerprint density at radius 1 is 1.53 bits per heavy atom. The van der Waals surface area contributed by atoms with Gasteiger partial charge in [-0.25, -0.2) is 4.79 Å². The van der Waals surface area contributed by atoms with Crippen molar-refractivity contribution in [3.05, 3.63) is 39.2 Å². The van der Waals surface area contributed by atoms with E-state index in [9.17, 15) is 9.59 Å². The number of amides is 1. The number of aromatic nitrogens is 4. The molecule has 3 rings (SSSR count). The molecule has 2 aromatic rings. The first kappa shape index (κ1) is 12.2. The van der Waals surface area contributed by atoms with Crippen molar-refractivity contribution in [2.75, 3.05) is 13.1 Å². The Balaban J connectivity index is 1.72. The lowest BCUT2D eigenvalue weighted by Crippen LogP contribution is -2.29. The van der Waals surface area contributed by atoms with E-state index >= 15 is 0 Å². The maximum Gasteiger partial charge on any atom is 0.323 e. The second-order valence-corrected chi connectivity index (χ2v) is 5.40. The van der Waals surface area contributed by atoms with Crippen LogP contribution < -0.4 is 5.69 Å². The highest BCUT2D eigenvalue weighted by Gasteiger charge is 2.29. The molecule has 19 heavy (non-hydrogen) atoms. The number of carbonyl (C=O) groups excluding carboxylic acids is 1. The van der Waals surface area contributed by atoms with Crippen LogP contribution >= 0.6 is 15.9 Å². The molecule has 1 aliphatic heterocycles. The fourth-order valence-corrected chi connectivity index (χ4v) is 2.58. The molecule has 0 spiro atoms. The van der Waals surface area contributed by atoms with Crippen molar-refractivity contribution in [2.45, 2.75) is 12.5 Å². The molecule has 1 amide bonds. The zero-order chi connectivity index (χ0) is 13.4. The molecule has 0 aliphatic carbocycles. The minimum absolute atomic E-state index is 0.160. The molecule has 8 heteroatoms. The average molecular weight is 326 g/mol. The Morgan fingerprint density at radius 3 is 3.00 bits per heavy atom. The van der Waals surface area contributed by atoms with Gasteiger partial charge in [0.2, 0.25) is 0 Å². The Bertz CT molecular complexity index is 658. The summed E-state index contributed by atoms with van der Waals surface area (Å²) in [6.45, 7) is 1.26. The summed E-state index contributed by atoms with van der Waals surface area (Å²) in [5.74, 6) is -0.160. The summed E-state index contributed by atoms with van der Waals surface area (Å²) in [4.78, 5) is 29.8. The molecule has 2 aromatic heterocycles. The lowest BCUT2D eigenvalue weighted by Gasteiger charge is -2.15. The van der Waals surface area contributed by atoms with E-state index in [1.165, 1.54) is 6.20 Å². The van der Waals surface area contributed by atoms with Gasteiger partial charge in [0.1, 0.15) is 5.69 Å². The molecule has 1 saturated heterocycles. The Labute approximate surface area is 116 Å². The van der Waals surface area contributed by atoms with E-state index in [0.29, 0.717) is 18.8 Å². The van der Waals surface area contributed by atoms with Crippen LogP contribution in [0.4, 0.5) is 0 Å². The van der Waals surface area contributed by atoms with Crippen molar-refractivity contribution in [1.82, 2.24) is 24.6 Å². The van der Waals surface area contributed by atoms with Crippen LogP contribution in [0.25, 0.3) is 0 Å². The number of nitrogens with one attached hydrogen (secondary N) is 2. The fraction of sp³-hybridized carbons (Fsp3) is 0.364. The van der Waals surface area contributed by atoms with Gasteiger partial charge in [0.15, 0.2) is 0 Å². The van der Waals surface area contributed by atoms with E-state index in [0.717, 1.165) is 10.9 Å². The highest BCUT2D eigenvalue weighted by Crippen LogP contribution is 2.23. The van der Waals surface area contributed by atoms with Crippen LogP contribution in [0.2, 0.25) is 0 Å². The number of imidazole rings is 1. The molecule has 0 saturated carbocycles. The predicted octanol–water partition coefficient (Wildman–Crippen LogP) is 0.749. The molecule has 0 radical (unpaired) electrons. The van der Waals surface area contributed by atoms with Gasteiger partial charge in [0, 0.05) is 25.5 Å². The van der Waals surface area contributed by atoms with Gasteiger partial charge >= 0.3 is 5.69 Å². The molecule has 1 aliphatic rings. The number of hydrogen-bond acceptors (Lipinski definition) is 3. The van der Waals surface area contributed by atoms with Crippen molar-refractivity contribution in [1.29, 1.82) is 0 Å². The first-order valence-corrected chi connectivity index (χ1v) is 6.69. The van der Waals surface area contributed by atoms with Gasteiger partial charge in [0.25, 0.3) is 5.91 Å². The second kappa shape index (κ2) is 4.69. The largest absolute Gasteiger partial charge is 0.335 e. The topological polar surface area (TPSA) is 86.8 Å². The molecule has 0 aromatic carbocycles. The number of halogens is 1. The highest BCUT2D eigenvalue weighted by atomic mass is 79.9. The average Bonchev–Trinajstić information content (AvgIpc) is 3.07. The van der Waals surface area contributed by atoms with Gasteiger partial charge < -0.3 is 14.9 Å². The molecule has 7 nitrogen and oxygen atoms in total. The van der Waals surface area contributed by atoms with E-state index in [1.807, 2.05) is 10.9 Å². The minimum Gasteiger partial charge on any atom is -0.335 e. The second-order valence-electron chi connectivity index (χ2n) is 4.49. The number of nitrogens with zero attached hydrogens (tertiary/aromatic N) is 3. The lowest BCUT2D eigenvalue weighted by molar-refractivity contribution is 0.0781. The van der Waals surface area contributed by atoms with Crippen LogP contribution in [0.3, 0.4) is 0 Å². The van der Waals surface area contributed by atoms with Gasteiger partial charge in [-0.2, -0.15) is 5.10 Å². The maximum atomic E-state index is 12.1. The number of carbonyl (C=O) groups is 1. The molecule has 1 unspecified atom stereocenters. The van der Waals surface area contributed by atoms with Crippen molar-refractivity contribution < 1.29 is 4.79 Å². The van der Waals surface area contributed by atoms with E-state index in [1.54, 1.807) is 11.1 Å². The zero-order valence-corrected chi connectivity index (χ0v) is 11.6. The quantitative estimate of drug-likeness (QED) is 0.854. The summed E-state index contributed by atoms with van der Waals surface area (Å²) in [5.41, 5.74) is -0.0672. The molecular formula is C11H12BrN5O2. The van der Waals surface area contributed by atoms with E-state index in [2.05, 4.69) is 31.0 Å². The molecule has 100 valence electrons. The van der Waals surface area contributed by atoms with Crippen molar-refractivity contribution >= 4 is 21.8 Å². The van der Waals surface area contributed by atoms with Gasteiger partial charge in [0.05, 0.1) is 16.7 Å². The van der Waals surface area contributed by atoms with E-state index < -0.39 is 0 Å². The van der Waals surface area contributed by atoms with Crippen molar-refractivity contribution in [3.8, 4) is 0 Å². The normalized spacial score (nSPS) is 19.0. The van der Waals surface area contributed by atoms with Crippen LogP contribution in [0.1, 0.15) is 23.0 Å². The molecule has 1 atom stereocenters. The first-order chi connectivity index (χ1) is 9.13. The summed E-state index contributed by atoms with van der Waals surface area (Å²) in [6.07, 6.45) is 5.89. The summed E-state index contributed by atoms with van der Waals surface area (Å²) in [5, 5.41) is 4.24. The highest BCUT2D eigenvalue weighted by molar-refractivity contribution is 9.10. The molecule has 2 N–H and O–H groups in total. The number of hydrogen-bond donors (Lipinski definition) is 2. The molecule has 1 fully saturated rings. The lowest BCUT2D eigenvalue weighted by atomic mass is 10.3. The van der Waals surface area contributed by atoms with Crippen molar-refractivity contribution in [3.63, 3.8) is 0 Å². The van der Waals surface area contributed by atoms with Gasteiger partial charge in [-0.15, -0.1) is 0 Å². The van der Waals surface area contributed by atoms with E-state index in [4.69, 9.17) is 0 Å².